The van der Waals surface area contributed by atoms with Crippen molar-refractivity contribution in [2.24, 2.45) is 5.92 Å². The summed E-state index contributed by atoms with van der Waals surface area (Å²) >= 11 is 0. The van der Waals surface area contributed by atoms with Gasteiger partial charge in [0.15, 0.2) is 5.82 Å². The highest BCUT2D eigenvalue weighted by Gasteiger charge is 2.32. The van der Waals surface area contributed by atoms with Gasteiger partial charge in [-0.05, 0) is 38.5 Å². The van der Waals surface area contributed by atoms with E-state index in [0.29, 0.717) is 24.4 Å². The Kier molecular flexibility index (Phi) is 4.15. The van der Waals surface area contributed by atoms with Gasteiger partial charge >= 0.3 is 0 Å². The lowest BCUT2D eigenvalue weighted by Crippen LogP contribution is -2.22. The molecule has 0 amide bonds. The number of nitrogens with zero attached hydrogens (tertiary/aromatic N) is 3. The summed E-state index contributed by atoms with van der Waals surface area (Å²) in [6.45, 7) is 2.72. The number of nitrogens with two attached hydrogens (primary N) is 1. The number of aromatic nitrogens is 3. The van der Waals surface area contributed by atoms with Crippen LogP contribution in [-0.4, -0.2) is 21.6 Å². The van der Waals surface area contributed by atoms with Crippen LogP contribution in [0.4, 0.5) is 5.95 Å². The maximum Gasteiger partial charge on any atom is 0.223 e. The second-order valence-corrected chi connectivity index (χ2v) is 5.96. The quantitative estimate of drug-likeness (QED) is 0.895. The third kappa shape index (κ3) is 3.08. The van der Waals surface area contributed by atoms with Crippen LogP contribution in [-0.2, 0) is 4.74 Å². The van der Waals surface area contributed by atoms with Gasteiger partial charge in [0, 0.05) is 12.5 Å². The number of anilines is 1. The number of ether oxygens (including phenoxy) is 1. The second-order valence-electron chi connectivity index (χ2n) is 5.96. The first-order valence-electron chi connectivity index (χ1n) is 7.91. The van der Waals surface area contributed by atoms with Crippen molar-refractivity contribution >= 4 is 5.95 Å². The average Bonchev–Trinajstić information content (AvgIpc) is 3.29. The lowest BCUT2D eigenvalue weighted by Gasteiger charge is -2.29. The first kappa shape index (κ1) is 13.7. The minimum absolute atomic E-state index is 0.0110. The van der Waals surface area contributed by atoms with Crippen LogP contribution < -0.4 is 5.73 Å². The topological polar surface area (TPSA) is 73.9 Å². The van der Waals surface area contributed by atoms with Crippen LogP contribution in [0.25, 0.3) is 0 Å². The highest BCUT2D eigenvalue weighted by atomic mass is 16.5. The fourth-order valence-electron chi connectivity index (χ4n) is 3.12. The first-order valence-corrected chi connectivity index (χ1v) is 7.91. The van der Waals surface area contributed by atoms with Crippen molar-refractivity contribution in [1.29, 1.82) is 0 Å². The molecule has 0 radical (unpaired) electrons. The normalized spacial score (nSPS) is 21.9. The first-order chi connectivity index (χ1) is 9.78. The van der Waals surface area contributed by atoms with Crippen molar-refractivity contribution in [1.82, 2.24) is 15.0 Å². The van der Waals surface area contributed by atoms with Crippen LogP contribution in [0, 0.1) is 5.92 Å². The molecule has 1 aromatic heterocycles. The lowest BCUT2D eigenvalue weighted by atomic mass is 9.85. The highest BCUT2D eigenvalue weighted by molar-refractivity contribution is 5.20. The zero-order chi connectivity index (χ0) is 13.9. The summed E-state index contributed by atoms with van der Waals surface area (Å²) in [5.74, 6) is 2.99. The van der Waals surface area contributed by atoms with E-state index in [-0.39, 0.29) is 6.10 Å². The minimum atomic E-state index is -0.0110. The average molecular weight is 276 g/mol. The molecule has 3 rings (SSSR count). The number of nitrogen functional groups attached to an aromatic ring is 1. The van der Waals surface area contributed by atoms with Crippen LogP contribution in [0.2, 0.25) is 0 Å². The van der Waals surface area contributed by atoms with Gasteiger partial charge in [0.2, 0.25) is 5.95 Å². The standard InChI is InChI=1S/C15H24N4O/c1-2-20-12(10-6-4-3-5-7-10)14-17-13(11-8-9-11)18-15(16)19-14/h10-12H,2-9H2,1H3,(H2,16,17,18,19). The Morgan fingerprint density at radius 3 is 2.50 bits per heavy atom. The molecule has 0 saturated heterocycles. The highest BCUT2D eigenvalue weighted by Crippen LogP contribution is 2.40. The van der Waals surface area contributed by atoms with Gasteiger partial charge in [0.1, 0.15) is 11.9 Å². The van der Waals surface area contributed by atoms with Gasteiger partial charge in [0.05, 0.1) is 0 Å². The van der Waals surface area contributed by atoms with Gasteiger partial charge in [-0.3, -0.25) is 0 Å². The van der Waals surface area contributed by atoms with Crippen molar-refractivity contribution in [2.75, 3.05) is 12.3 Å². The molecule has 0 aromatic carbocycles. The predicted octanol–water partition coefficient (Wildman–Crippen LogP) is 2.99. The second kappa shape index (κ2) is 6.04. The third-order valence-corrected chi connectivity index (χ3v) is 4.31. The van der Waals surface area contributed by atoms with Gasteiger partial charge in [-0.25, -0.2) is 4.98 Å². The molecule has 0 bridgehead atoms. The number of rotatable bonds is 5. The molecular weight excluding hydrogens is 252 g/mol. The van der Waals surface area contributed by atoms with E-state index in [4.69, 9.17) is 10.5 Å². The van der Waals surface area contributed by atoms with E-state index < -0.39 is 0 Å². The van der Waals surface area contributed by atoms with Crippen molar-refractivity contribution in [3.05, 3.63) is 11.6 Å². The van der Waals surface area contributed by atoms with Gasteiger partial charge in [-0.15, -0.1) is 0 Å². The Morgan fingerprint density at radius 2 is 1.85 bits per heavy atom. The van der Waals surface area contributed by atoms with E-state index >= 15 is 0 Å². The Labute approximate surface area is 120 Å². The molecule has 0 aliphatic heterocycles. The van der Waals surface area contributed by atoms with Crippen LogP contribution in [0.1, 0.15) is 75.5 Å². The van der Waals surface area contributed by atoms with Gasteiger partial charge < -0.3 is 10.5 Å². The zero-order valence-electron chi connectivity index (χ0n) is 12.2. The number of hydrogen-bond donors (Lipinski definition) is 1. The Morgan fingerprint density at radius 1 is 1.10 bits per heavy atom. The van der Waals surface area contributed by atoms with E-state index in [0.717, 1.165) is 11.6 Å². The maximum atomic E-state index is 5.97. The van der Waals surface area contributed by atoms with Crippen molar-refractivity contribution < 1.29 is 4.74 Å². The van der Waals surface area contributed by atoms with Gasteiger partial charge in [-0.2, -0.15) is 9.97 Å². The molecule has 2 aliphatic carbocycles. The fourth-order valence-corrected chi connectivity index (χ4v) is 3.12. The molecule has 110 valence electrons. The molecule has 1 heterocycles. The van der Waals surface area contributed by atoms with Crippen LogP contribution in [0.15, 0.2) is 0 Å². The molecule has 5 heteroatoms. The third-order valence-electron chi connectivity index (χ3n) is 4.31. The molecule has 1 atom stereocenters. The molecule has 2 saturated carbocycles. The molecule has 1 aromatic rings. The Hall–Kier alpha value is -1.23. The summed E-state index contributed by atoms with van der Waals surface area (Å²) in [5.41, 5.74) is 5.87. The van der Waals surface area contributed by atoms with E-state index in [1.165, 1.54) is 44.9 Å². The van der Waals surface area contributed by atoms with E-state index in [1.54, 1.807) is 0 Å². The van der Waals surface area contributed by atoms with E-state index in [1.807, 2.05) is 6.92 Å². The van der Waals surface area contributed by atoms with Crippen LogP contribution in [0.3, 0.4) is 0 Å². The molecule has 0 spiro atoms. The SMILES string of the molecule is CCOC(c1nc(N)nc(C2CC2)n1)C1CCCCC1. The lowest BCUT2D eigenvalue weighted by molar-refractivity contribution is -0.000375. The summed E-state index contributed by atoms with van der Waals surface area (Å²) in [4.78, 5) is 13.3. The Bertz CT molecular complexity index is 455. The summed E-state index contributed by atoms with van der Waals surface area (Å²) in [6.07, 6.45) is 8.64. The fraction of sp³-hybridized carbons (Fsp3) is 0.800. The summed E-state index contributed by atoms with van der Waals surface area (Å²) < 4.78 is 5.97. The van der Waals surface area contributed by atoms with Crippen molar-refractivity contribution in [2.45, 2.75) is 63.9 Å². The molecule has 1 unspecified atom stereocenters. The maximum absolute atomic E-state index is 5.97. The summed E-state index contributed by atoms with van der Waals surface area (Å²) in [6, 6.07) is 0. The van der Waals surface area contributed by atoms with E-state index in [2.05, 4.69) is 15.0 Å². The summed E-state index contributed by atoms with van der Waals surface area (Å²) in [5, 5.41) is 0. The van der Waals surface area contributed by atoms with Crippen LogP contribution in [0.5, 0.6) is 0 Å². The van der Waals surface area contributed by atoms with Crippen molar-refractivity contribution in [3.8, 4) is 0 Å². The smallest absolute Gasteiger partial charge is 0.223 e. The molecule has 2 fully saturated rings. The molecule has 2 aliphatic rings. The monoisotopic (exact) mass is 276 g/mol. The Balaban J connectivity index is 1.85. The largest absolute Gasteiger partial charge is 0.370 e. The van der Waals surface area contributed by atoms with Gasteiger partial charge in [0.25, 0.3) is 0 Å². The molecule has 5 nitrogen and oxygen atoms in total. The molecular formula is C15H24N4O. The van der Waals surface area contributed by atoms with E-state index in [9.17, 15) is 0 Å². The predicted molar refractivity (Wildman–Crippen MR) is 77.2 cm³/mol. The molecule has 20 heavy (non-hydrogen) atoms. The number of hydrogen-bond acceptors (Lipinski definition) is 5. The zero-order valence-corrected chi connectivity index (χ0v) is 12.2. The van der Waals surface area contributed by atoms with Gasteiger partial charge in [-0.1, -0.05) is 19.3 Å². The van der Waals surface area contributed by atoms with Crippen LogP contribution >= 0.6 is 0 Å². The van der Waals surface area contributed by atoms with Crippen molar-refractivity contribution in [3.63, 3.8) is 0 Å². The minimum Gasteiger partial charge on any atom is -0.370 e. The summed E-state index contributed by atoms with van der Waals surface area (Å²) in [7, 11) is 0. The molecule has 2 N–H and O–H groups in total.